The van der Waals surface area contributed by atoms with E-state index in [4.69, 9.17) is 0 Å². The Labute approximate surface area is 232 Å². The van der Waals surface area contributed by atoms with Crippen LogP contribution < -0.4 is 9.62 Å². The quantitative estimate of drug-likeness (QED) is 0.317. The van der Waals surface area contributed by atoms with Gasteiger partial charge in [-0.15, -0.1) is 0 Å². The third-order valence-corrected chi connectivity index (χ3v) is 8.48. The molecule has 1 N–H and O–H groups in total. The van der Waals surface area contributed by atoms with Crippen LogP contribution in [0.3, 0.4) is 0 Å². The minimum absolute atomic E-state index is 0.0909. The Kier molecular flexibility index (Phi) is 10.3. The van der Waals surface area contributed by atoms with E-state index in [1.807, 2.05) is 64.1 Å². The van der Waals surface area contributed by atoms with Crippen LogP contribution in [0.1, 0.15) is 48.9 Å². The summed E-state index contributed by atoms with van der Waals surface area (Å²) in [5.74, 6) is -0.735. The van der Waals surface area contributed by atoms with Gasteiger partial charge in [0.2, 0.25) is 11.8 Å². The zero-order valence-corrected chi connectivity index (χ0v) is 24.3. The normalized spacial score (nSPS) is 12.0. The SMILES string of the molecule is CCCCNC(=O)[C@@H](C)N(Cc1ccc(C)cc1)C(=O)CN(c1ccc(C)cc1C)S(=O)(=O)c1ccccc1. The standard InChI is InChI=1S/C31H39N3O4S/c1-6-7-19-32-31(36)26(5)33(21-27-16-13-23(2)14-17-27)30(35)22-34(29-18-15-24(3)20-25(29)4)39(37,38)28-11-9-8-10-12-28/h8-18,20,26H,6-7,19,21-22H2,1-5H3,(H,32,36)/t26-/m1/s1. The Balaban J connectivity index is 2.01. The van der Waals surface area contributed by atoms with Crippen LogP contribution in [0.2, 0.25) is 0 Å². The highest BCUT2D eigenvalue weighted by Crippen LogP contribution is 2.28. The summed E-state index contributed by atoms with van der Waals surface area (Å²) in [5, 5.41) is 2.91. The molecule has 0 unspecified atom stereocenters. The molecule has 0 heterocycles. The van der Waals surface area contributed by atoms with E-state index in [1.54, 1.807) is 31.2 Å². The zero-order valence-electron chi connectivity index (χ0n) is 23.5. The molecule has 0 aliphatic carbocycles. The number of anilines is 1. The Morgan fingerprint density at radius 1 is 0.897 bits per heavy atom. The topological polar surface area (TPSA) is 86.8 Å². The number of nitrogens with zero attached hydrogens (tertiary/aromatic N) is 2. The van der Waals surface area contributed by atoms with Gasteiger partial charge in [0, 0.05) is 13.1 Å². The first-order chi connectivity index (χ1) is 18.5. The summed E-state index contributed by atoms with van der Waals surface area (Å²) in [4.78, 5) is 28.6. The van der Waals surface area contributed by atoms with Crippen molar-refractivity contribution < 1.29 is 18.0 Å². The molecule has 0 spiro atoms. The molecule has 8 heteroatoms. The fourth-order valence-electron chi connectivity index (χ4n) is 4.33. The Morgan fingerprint density at radius 2 is 1.54 bits per heavy atom. The number of nitrogens with one attached hydrogen (secondary N) is 1. The van der Waals surface area contributed by atoms with Crippen LogP contribution in [0.4, 0.5) is 5.69 Å². The van der Waals surface area contributed by atoms with Gasteiger partial charge in [-0.1, -0.05) is 79.1 Å². The Hall–Kier alpha value is -3.65. The predicted molar refractivity (Wildman–Crippen MR) is 156 cm³/mol. The van der Waals surface area contributed by atoms with Gasteiger partial charge in [0.15, 0.2) is 0 Å². The van der Waals surface area contributed by atoms with Crippen LogP contribution in [0, 0.1) is 20.8 Å². The molecule has 7 nitrogen and oxygen atoms in total. The maximum atomic E-state index is 14.0. The highest BCUT2D eigenvalue weighted by molar-refractivity contribution is 7.92. The van der Waals surface area contributed by atoms with Gasteiger partial charge in [-0.05, 0) is 63.4 Å². The Morgan fingerprint density at radius 3 is 2.15 bits per heavy atom. The molecule has 3 aromatic rings. The molecule has 0 saturated heterocycles. The van der Waals surface area contributed by atoms with Gasteiger partial charge in [-0.3, -0.25) is 13.9 Å². The molecule has 0 fully saturated rings. The summed E-state index contributed by atoms with van der Waals surface area (Å²) in [6.07, 6.45) is 1.77. The highest BCUT2D eigenvalue weighted by Gasteiger charge is 2.33. The minimum atomic E-state index is -4.07. The minimum Gasteiger partial charge on any atom is -0.354 e. The molecule has 0 aliphatic rings. The van der Waals surface area contributed by atoms with E-state index in [-0.39, 0.29) is 17.3 Å². The fourth-order valence-corrected chi connectivity index (χ4v) is 5.83. The monoisotopic (exact) mass is 549 g/mol. The number of hydrogen-bond acceptors (Lipinski definition) is 4. The zero-order chi connectivity index (χ0) is 28.6. The van der Waals surface area contributed by atoms with Crippen molar-refractivity contribution >= 4 is 27.5 Å². The van der Waals surface area contributed by atoms with Crippen molar-refractivity contribution in [2.45, 2.75) is 64.9 Å². The average molecular weight is 550 g/mol. The number of sulfonamides is 1. The van der Waals surface area contributed by atoms with Gasteiger partial charge in [0.05, 0.1) is 10.6 Å². The number of hydrogen-bond donors (Lipinski definition) is 1. The van der Waals surface area contributed by atoms with Crippen LogP contribution in [0.25, 0.3) is 0 Å². The van der Waals surface area contributed by atoms with Crippen molar-refractivity contribution in [1.29, 1.82) is 0 Å². The number of benzene rings is 3. The van der Waals surface area contributed by atoms with Crippen LogP contribution in [0.5, 0.6) is 0 Å². The molecule has 0 bridgehead atoms. The Bertz CT molecular complexity index is 1370. The first-order valence-electron chi connectivity index (χ1n) is 13.3. The second-order valence-corrected chi connectivity index (χ2v) is 11.8. The van der Waals surface area contributed by atoms with E-state index in [0.717, 1.165) is 39.4 Å². The van der Waals surface area contributed by atoms with Gasteiger partial charge >= 0.3 is 0 Å². The van der Waals surface area contributed by atoms with Crippen LogP contribution in [-0.4, -0.2) is 44.3 Å². The molecule has 3 rings (SSSR count). The summed E-state index contributed by atoms with van der Waals surface area (Å²) in [6.45, 7) is 9.70. The lowest BCUT2D eigenvalue weighted by molar-refractivity contribution is -0.139. The number of carbonyl (C=O) groups is 2. The molecular weight excluding hydrogens is 510 g/mol. The largest absolute Gasteiger partial charge is 0.354 e. The molecule has 2 amide bonds. The highest BCUT2D eigenvalue weighted by atomic mass is 32.2. The lowest BCUT2D eigenvalue weighted by Gasteiger charge is -2.32. The van der Waals surface area contributed by atoms with E-state index in [1.165, 1.54) is 17.0 Å². The predicted octanol–water partition coefficient (Wildman–Crippen LogP) is 5.14. The molecule has 1 atom stereocenters. The first kappa shape index (κ1) is 29.9. The van der Waals surface area contributed by atoms with Gasteiger partial charge in [0.1, 0.15) is 12.6 Å². The van der Waals surface area contributed by atoms with Crippen molar-refractivity contribution in [1.82, 2.24) is 10.2 Å². The molecule has 0 aliphatic heterocycles. The third-order valence-electron chi connectivity index (χ3n) is 6.70. The van der Waals surface area contributed by atoms with E-state index in [9.17, 15) is 18.0 Å². The van der Waals surface area contributed by atoms with Crippen molar-refractivity contribution in [3.63, 3.8) is 0 Å². The first-order valence-corrected chi connectivity index (χ1v) is 14.8. The molecular formula is C31H39N3O4S. The smallest absolute Gasteiger partial charge is 0.264 e. The molecule has 39 heavy (non-hydrogen) atoms. The van der Waals surface area contributed by atoms with Crippen molar-refractivity contribution in [3.05, 3.63) is 95.1 Å². The summed E-state index contributed by atoms with van der Waals surface area (Å²) in [5.41, 5.74) is 4.08. The summed E-state index contributed by atoms with van der Waals surface area (Å²) >= 11 is 0. The van der Waals surface area contributed by atoms with Gasteiger partial charge in [0.25, 0.3) is 10.0 Å². The fraction of sp³-hybridized carbons (Fsp3) is 0.355. The number of rotatable bonds is 12. The van der Waals surface area contributed by atoms with Crippen molar-refractivity contribution in [3.8, 4) is 0 Å². The van der Waals surface area contributed by atoms with Crippen molar-refractivity contribution in [2.75, 3.05) is 17.4 Å². The van der Waals surface area contributed by atoms with E-state index < -0.39 is 28.5 Å². The second-order valence-electron chi connectivity index (χ2n) is 9.94. The number of unbranched alkanes of at least 4 members (excludes halogenated alkanes) is 1. The summed E-state index contributed by atoms with van der Waals surface area (Å²) in [7, 11) is -4.07. The summed E-state index contributed by atoms with van der Waals surface area (Å²) < 4.78 is 28.9. The molecule has 0 radical (unpaired) electrons. The maximum Gasteiger partial charge on any atom is 0.264 e. The van der Waals surface area contributed by atoms with Gasteiger partial charge in [-0.2, -0.15) is 0 Å². The van der Waals surface area contributed by atoms with E-state index >= 15 is 0 Å². The van der Waals surface area contributed by atoms with E-state index in [2.05, 4.69) is 5.32 Å². The summed E-state index contributed by atoms with van der Waals surface area (Å²) in [6, 6.07) is 20.5. The lowest BCUT2D eigenvalue weighted by Crippen LogP contribution is -2.51. The van der Waals surface area contributed by atoms with E-state index in [0.29, 0.717) is 12.2 Å². The van der Waals surface area contributed by atoms with Gasteiger partial charge in [-0.25, -0.2) is 8.42 Å². The lowest BCUT2D eigenvalue weighted by atomic mass is 10.1. The van der Waals surface area contributed by atoms with Crippen LogP contribution in [-0.2, 0) is 26.2 Å². The van der Waals surface area contributed by atoms with Crippen molar-refractivity contribution in [2.24, 2.45) is 0 Å². The second kappa shape index (κ2) is 13.4. The average Bonchev–Trinajstić information content (AvgIpc) is 2.91. The molecule has 3 aromatic carbocycles. The molecule has 208 valence electrons. The van der Waals surface area contributed by atoms with Crippen LogP contribution >= 0.6 is 0 Å². The third kappa shape index (κ3) is 7.69. The van der Waals surface area contributed by atoms with Crippen LogP contribution in [0.15, 0.2) is 77.7 Å². The number of aryl methyl sites for hydroxylation is 3. The van der Waals surface area contributed by atoms with Gasteiger partial charge < -0.3 is 10.2 Å². The maximum absolute atomic E-state index is 14.0. The molecule has 0 saturated carbocycles. The molecule has 0 aromatic heterocycles. The number of carbonyl (C=O) groups excluding carboxylic acids is 2. The number of amides is 2.